The molecule has 21 heavy (non-hydrogen) atoms. The van der Waals surface area contributed by atoms with Gasteiger partial charge in [-0.05, 0) is 70.1 Å². The summed E-state index contributed by atoms with van der Waals surface area (Å²) in [6, 6.07) is 0.495. The van der Waals surface area contributed by atoms with Crippen molar-refractivity contribution in [2.24, 2.45) is 5.92 Å². The third-order valence-electron chi connectivity index (χ3n) is 5.39. The zero-order valence-electron chi connectivity index (χ0n) is 14.4. The van der Waals surface area contributed by atoms with Crippen LogP contribution in [-0.4, -0.2) is 49.9 Å². The summed E-state index contributed by atoms with van der Waals surface area (Å²) in [7, 11) is 4.31. The van der Waals surface area contributed by atoms with E-state index >= 15 is 0 Å². The second-order valence-electron chi connectivity index (χ2n) is 7.10. The lowest BCUT2D eigenvalue weighted by Crippen LogP contribution is -2.48. The first-order valence-corrected chi connectivity index (χ1v) is 8.29. The molecular formula is C16H34FN3O. The summed E-state index contributed by atoms with van der Waals surface area (Å²) in [5, 5.41) is 6.99. The highest BCUT2D eigenvalue weighted by Crippen LogP contribution is 2.25. The monoisotopic (exact) mass is 303 g/mol. The minimum atomic E-state index is -0.178. The van der Waals surface area contributed by atoms with Gasteiger partial charge in [-0.3, -0.25) is 0 Å². The van der Waals surface area contributed by atoms with E-state index < -0.39 is 0 Å². The molecule has 2 N–H and O–H groups in total. The smallest absolute Gasteiger partial charge is 0.0984 e. The third-order valence-corrected chi connectivity index (χ3v) is 5.39. The number of nitrogens with zero attached hydrogens (tertiary/aromatic N) is 1. The highest BCUT2D eigenvalue weighted by Gasteiger charge is 2.29. The maximum Gasteiger partial charge on any atom is 0.0984 e. The number of halogens is 1. The molecule has 0 aromatic rings. The topological polar surface area (TPSA) is 36.5 Å². The van der Waals surface area contributed by atoms with Gasteiger partial charge in [0.05, 0.1) is 6.10 Å². The molecule has 1 aliphatic rings. The molecule has 0 aromatic carbocycles. The molecule has 0 heterocycles. The average Bonchev–Trinajstić information content (AvgIpc) is 2.46. The van der Waals surface area contributed by atoms with Crippen LogP contribution in [0.5, 0.6) is 0 Å². The summed E-state index contributed by atoms with van der Waals surface area (Å²) in [5.41, 5.74) is 0.226. The predicted molar refractivity (Wildman–Crippen MR) is 85.8 cm³/mol. The molecule has 5 heteroatoms. The second-order valence-corrected chi connectivity index (χ2v) is 7.10. The third kappa shape index (κ3) is 5.81. The molecule has 0 aliphatic heterocycles. The summed E-state index contributed by atoms with van der Waals surface area (Å²) in [6.45, 7) is 8.72. The number of hydrogen-bond acceptors (Lipinski definition) is 4. The van der Waals surface area contributed by atoms with E-state index in [1.807, 2.05) is 0 Å². The van der Waals surface area contributed by atoms with Gasteiger partial charge in [-0.25, -0.2) is 0 Å². The maximum atomic E-state index is 12.1. The molecule has 1 atom stereocenters. The molecule has 1 rings (SSSR count). The molecule has 0 aromatic heterocycles. The van der Waals surface area contributed by atoms with Crippen LogP contribution in [-0.2, 0) is 4.94 Å². The molecule has 1 aliphatic carbocycles. The fourth-order valence-electron chi connectivity index (χ4n) is 3.03. The molecule has 0 amide bonds. The van der Waals surface area contributed by atoms with Crippen LogP contribution in [0.4, 0.5) is 4.53 Å². The Bertz CT molecular complexity index is 271. The van der Waals surface area contributed by atoms with Crippen molar-refractivity contribution < 1.29 is 9.47 Å². The van der Waals surface area contributed by atoms with Gasteiger partial charge in [-0.1, -0.05) is 13.8 Å². The standard InChI is InChI=1S/C16H34FN3O/c1-13(2)16(3,20(4)5)10-11-18-12-19-14-6-8-15(21-17)9-7-14/h13-15,18-19H,6-12H2,1-5H3. The summed E-state index contributed by atoms with van der Waals surface area (Å²) in [5.74, 6) is 0.623. The number of nitrogens with one attached hydrogen (secondary N) is 2. The van der Waals surface area contributed by atoms with Crippen LogP contribution in [0.2, 0.25) is 0 Å². The van der Waals surface area contributed by atoms with Gasteiger partial charge < -0.3 is 15.5 Å². The van der Waals surface area contributed by atoms with Gasteiger partial charge in [-0.15, -0.1) is 0 Å². The van der Waals surface area contributed by atoms with Crippen LogP contribution in [0.25, 0.3) is 0 Å². The Morgan fingerprint density at radius 3 is 2.33 bits per heavy atom. The van der Waals surface area contributed by atoms with Crippen LogP contribution in [0, 0.1) is 5.92 Å². The molecular weight excluding hydrogens is 269 g/mol. The quantitative estimate of drug-likeness (QED) is 0.507. The van der Waals surface area contributed by atoms with Crippen LogP contribution in [0.3, 0.4) is 0 Å². The minimum absolute atomic E-state index is 0.178. The number of rotatable bonds is 9. The number of hydrogen-bond donors (Lipinski definition) is 2. The molecule has 1 unspecified atom stereocenters. The molecule has 1 fully saturated rings. The fraction of sp³-hybridized carbons (Fsp3) is 1.00. The van der Waals surface area contributed by atoms with Gasteiger partial charge in [0, 0.05) is 18.2 Å². The van der Waals surface area contributed by atoms with E-state index in [0.29, 0.717) is 12.0 Å². The van der Waals surface area contributed by atoms with Crippen LogP contribution < -0.4 is 10.6 Å². The zero-order chi connectivity index (χ0) is 15.9. The molecule has 0 saturated heterocycles. The predicted octanol–water partition coefficient (Wildman–Crippen LogP) is 2.70. The van der Waals surface area contributed by atoms with Crippen LogP contribution >= 0.6 is 0 Å². The van der Waals surface area contributed by atoms with E-state index in [0.717, 1.165) is 45.3 Å². The SMILES string of the molecule is CC(C)C(C)(CCNCNC1CCC(OF)CC1)N(C)C. The highest BCUT2D eigenvalue weighted by atomic mass is 19.3. The van der Waals surface area contributed by atoms with E-state index in [1.54, 1.807) is 0 Å². The maximum absolute atomic E-state index is 12.1. The van der Waals surface area contributed by atoms with E-state index in [9.17, 15) is 4.53 Å². The normalized spacial score (nSPS) is 26.3. The van der Waals surface area contributed by atoms with Crippen molar-refractivity contribution in [2.75, 3.05) is 27.3 Å². The highest BCUT2D eigenvalue weighted by molar-refractivity contribution is 4.86. The van der Waals surface area contributed by atoms with Crippen molar-refractivity contribution in [2.45, 2.75) is 70.6 Å². The lowest BCUT2D eigenvalue weighted by Gasteiger charge is -2.40. The summed E-state index contributed by atoms with van der Waals surface area (Å²) < 4.78 is 12.1. The van der Waals surface area contributed by atoms with Gasteiger partial charge in [0.25, 0.3) is 0 Å². The second kappa shape index (κ2) is 9.03. The molecule has 0 spiro atoms. The lowest BCUT2D eigenvalue weighted by atomic mass is 9.84. The first kappa shape index (κ1) is 18.8. The van der Waals surface area contributed by atoms with Crippen molar-refractivity contribution in [3.8, 4) is 0 Å². The fourth-order valence-corrected chi connectivity index (χ4v) is 3.03. The van der Waals surface area contributed by atoms with Crippen LogP contribution in [0.15, 0.2) is 0 Å². The molecule has 0 bridgehead atoms. The Balaban J connectivity index is 2.14. The Morgan fingerprint density at radius 2 is 1.86 bits per heavy atom. The van der Waals surface area contributed by atoms with Crippen molar-refractivity contribution in [1.82, 2.24) is 15.5 Å². The van der Waals surface area contributed by atoms with E-state index in [1.165, 1.54) is 0 Å². The zero-order valence-corrected chi connectivity index (χ0v) is 14.4. The Labute approximate surface area is 129 Å². The molecule has 1 saturated carbocycles. The van der Waals surface area contributed by atoms with Crippen molar-refractivity contribution in [3.63, 3.8) is 0 Å². The average molecular weight is 303 g/mol. The lowest BCUT2D eigenvalue weighted by molar-refractivity contribution is -0.188. The summed E-state index contributed by atoms with van der Waals surface area (Å²) in [6.07, 6.45) is 4.58. The van der Waals surface area contributed by atoms with E-state index in [2.05, 4.69) is 55.3 Å². The minimum Gasteiger partial charge on any atom is -0.304 e. The van der Waals surface area contributed by atoms with Gasteiger partial charge in [-0.2, -0.15) is 4.94 Å². The van der Waals surface area contributed by atoms with E-state index in [-0.39, 0.29) is 11.6 Å². The van der Waals surface area contributed by atoms with Crippen molar-refractivity contribution >= 4 is 0 Å². The first-order valence-electron chi connectivity index (χ1n) is 8.29. The summed E-state index contributed by atoms with van der Waals surface area (Å²) >= 11 is 0. The Hall–Kier alpha value is -0.230. The first-order chi connectivity index (χ1) is 9.90. The Morgan fingerprint density at radius 1 is 1.24 bits per heavy atom. The Kier molecular flexibility index (Phi) is 8.09. The van der Waals surface area contributed by atoms with Gasteiger partial charge >= 0.3 is 0 Å². The molecule has 0 radical (unpaired) electrons. The van der Waals surface area contributed by atoms with E-state index in [4.69, 9.17) is 0 Å². The largest absolute Gasteiger partial charge is 0.304 e. The molecule has 4 nitrogen and oxygen atoms in total. The summed E-state index contributed by atoms with van der Waals surface area (Å²) in [4.78, 5) is 6.24. The van der Waals surface area contributed by atoms with Gasteiger partial charge in [0.15, 0.2) is 0 Å². The molecule has 126 valence electrons. The van der Waals surface area contributed by atoms with Crippen molar-refractivity contribution in [1.29, 1.82) is 0 Å². The van der Waals surface area contributed by atoms with Crippen molar-refractivity contribution in [3.05, 3.63) is 0 Å². The van der Waals surface area contributed by atoms with Gasteiger partial charge in [0.1, 0.15) is 0 Å². The van der Waals surface area contributed by atoms with Crippen LogP contribution in [0.1, 0.15) is 52.9 Å². The van der Waals surface area contributed by atoms with Gasteiger partial charge in [0.2, 0.25) is 0 Å².